The zero-order valence-corrected chi connectivity index (χ0v) is 11.1. The predicted octanol–water partition coefficient (Wildman–Crippen LogP) is 3.75. The summed E-state index contributed by atoms with van der Waals surface area (Å²) in [5.41, 5.74) is 0.270. The number of hydrogen-bond acceptors (Lipinski definition) is 1. The minimum absolute atomic E-state index is 0.183. The van der Waals surface area contributed by atoms with Gasteiger partial charge in [0.2, 0.25) is 0 Å². The summed E-state index contributed by atoms with van der Waals surface area (Å²) in [5.74, 6) is 1.65. The largest absolute Gasteiger partial charge is 0.389 e. The summed E-state index contributed by atoms with van der Waals surface area (Å²) < 4.78 is 0. The van der Waals surface area contributed by atoms with Crippen LogP contribution in [0.4, 0.5) is 0 Å². The summed E-state index contributed by atoms with van der Waals surface area (Å²) in [6.45, 7) is 7.11. The highest BCUT2D eigenvalue weighted by molar-refractivity contribution is 5.17. The second-order valence-corrected chi connectivity index (χ2v) is 7.46. The van der Waals surface area contributed by atoms with E-state index >= 15 is 0 Å². The highest BCUT2D eigenvalue weighted by atomic mass is 16.3. The molecule has 4 aliphatic rings. The van der Waals surface area contributed by atoms with Gasteiger partial charge in [0, 0.05) is 5.41 Å². The van der Waals surface area contributed by atoms with Crippen LogP contribution in [-0.2, 0) is 0 Å². The van der Waals surface area contributed by atoms with E-state index in [1.165, 1.54) is 32.1 Å². The van der Waals surface area contributed by atoms with Gasteiger partial charge in [0.15, 0.2) is 0 Å². The van der Waals surface area contributed by atoms with Gasteiger partial charge in [-0.2, -0.15) is 0 Å². The Bertz CT molecular complexity index is 271. The summed E-state index contributed by atoms with van der Waals surface area (Å²) in [7, 11) is 0. The molecule has 0 spiro atoms. The van der Waals surface area contributed by atoms with Crippen LogP contribution < -0.4 is 0 Å². The van der Waals surface area contributed by atoms with Gasteiger partial charge >= 0.3 is 0 Å². The lowest BCUT2D eigenvalue weighted by molar-refractivity contribution is -0.260. The molecule has 0 aromatic heterocycles. The van der Waals surface area contributed by atoms with Crippen molar-refractivity contribution in [3.05, 3.63) is 0 Å². The van der Waals surface area contributed by atoms with Crippen molar-refractivity contribution in [2.24, 2.45) is 22.7 Å². The van der Waals surface area contributed by atoms with E-state index in [1.807, 2.05) is 0 Å². The van der Waals surface area contributed by atoms with Crippen molar-refractivity contribution in [1.29, 1.82) is 0 Å². The molecule has 3 unspecified atom stereocenters. The third-order valence-electron chi connectivity index (χ3n) is 6.51. The molecular weight excluding hydrogens is 196 g/mol. The topological polar surface area (TPSA) is 20.2 Å². The smallest absolute Gasteiger partial charge is 0.0711 e. The van der Waals surface area contributed by atoms with Crippen molar-refractivity contribution in [3.63, 3.8) is 0 Å². The molecule has 1 nitrogen and oxygen atoms in total. The summed E-state index contributed by atoms with van der Waals surface area (Å²) >= 11 is 0. The molecule has 4 aliphatic carbocycles. The summed E-state index contributed by atoms with van der Waals surface area (Å²) in [5, 5.41) is 11.1. The maximum Gasteiger partial charge on any atom is 0.0711 e. The molecule has 0 saturated heterocycles. The van der Waals surface area contributed by atoms with Gasteiger partial charge in [0.25, 0.3) is 0 Å². The average Bonchev–Trinajstić information content (AvgIpc) is 2.13. The zero-order chi connectivity index (χ0) is 11.6. The summed E-state index contributed by atoms with van der Waals surface area (Å²) in [6, 6.07) is 0. The van der Waals surface area contributed by atoms with Crippen LogP contribution >= 0.6 is 0 Å². The fourth-order valence-corrected chi connectivity index (χ4v) is 5.84. The molecule has 4 fully saturated rings. The van der Waals surface area contributed by atoms with E-state index in [0.717, 1.165) is 24.7 Å². The summed E-state index contributed by atoms with van der Waals surface area (Å²) in [6.07, 6.45) is 8.76. The molecule has 0 heterocycles. The van der Waals surface area contributed by atoms with Gasteiger partial charge in [-0.05, 0) is 55.8 Å². The molecule has 3 atom stereocenters. The molecule has 4 bridgehead atoms. The fourth-order valence-electron chi connectivity index (χ4n) is 5.84. The normalized spacial score (nSPS) is 59.2. The SMILES string of the molecule is CCCC1(C)C2(C)CC3CC(C2)CC1(O)C3. The van der Waals surface area contributed by atoms with Crippen molar-refractivity contribution in [3.8, 4) is 0 Å². The maximum absolute atomic E-state index is 11.1. The number of hydrogen-bond donors (Lipinski definition) is 1. The van der Waals surface area contributed by atoms with E-state index in [1.54, 1.807) is 0 Å². The minimum Gasteiger partial charge on any atom is -0.389 e. The maximum atomic E-state index is 11.1. The molecular formula is C15H26O. The molecule has 4 saturated carbocycles. The van der Waals surface area contributed by atoms with E-state index in [0.29, 0.717) is 5.41 Å². The molecule has 1 heteroatoms. The van der Waals surface area contributed by atoms with Crippen LogP contribution in [0, 0.1) is 22.7 Å². The van der Waals surface area contributed by atoms with Gasteiger partial charge in [-0.25, -0.2) is 0 Å². The second kappa shape index (κ2) is 3.04. The van der Waals surface area contributed by atoms with Crippen LogP contribution in [0.1, 0.15) is 65.7 Å². The molecule has 1 N–H and O–H groups in total. The third kappa shape index (κ3) is 1.11. The first-order valence-electron chi connectivity index (χ1n) is 7.15. The molecule has 4 rings (SSSR count). The van der Waals surface area contributed by atoms with Crippen molar-refractivity contribution in [1.82, 2.24) is 0 Å². The highest BCUT2D eigenvalue weighted by Crippen LogP contribution is 2.71. The van der Waals surface area contributed by atoms with Gasteiger partial charge in [-0.15, -0.1) is 0 Å². The Hall–Kier alpha value is -0.0400. The van der Waals surface area contributed by atoms with Crippen LogP contribution in [0.5, 0.6) is 0 Å². The van der Waals surface area contributed by atoms with Crippen molar-refractivity contribution in [2.45, 2.75) is 71.3 Å². The van der Waals surface area contributed by atoms with Gasteiger partial charge in [0.05, 0.1) is 5.60 Å². The molecule has 0 aromatic rings. The lowest BCUT2D eigenvalue weighted by Gasteiger charge is -2.69. The summed E-state index contributed by atoms with van der Waals surface area (Å²) in [4.78, 5) is 0. The molecule has 0 aromatic carbocycles. The van der Waals surface area contributed by atoms with Gasteiger partial charge in [0.1, 0.15) is 0 Å². The quantitative estimate of drug-likeness (QED) is 0.754. The van der Waals surface area contributed by atoms with Gasteiger partial charge in [-0.1, -0.05) is 27.2 Å². The lowest BCUT2D eigenvalue weighted by Crippen LogP contribution is -2.67. The van der Waals surface area contributed by atoms with Crippen LogP contribution in [0.3, 0.4) is 0 Å². The Labute approximate surface area is 99.6 Å². The lowest BCUT2D eigenvalue weighted by atomic mass is 9.37. The Morgan fingerprint density at radius 2 is 1.62 bits per heavy atom. The van der Waals surface area contributed by atoms with E-state index in [9.17, 15) is 5.11 Å². The van der Waals surface area contributed by atoms with Crippen molar-refractivity contribution < 1.29 is 5.11 Å². The third-order valence-corrected chi connectivity index (χ3v) is 6.51. The van der Waals surface area contributed by atoms with E-state index in [4.69, 9.17) is 0 Å². The Morgan fingerprint density at radius 1 is 1.06 bits per heavy atom. The highest BCUT2D eigenvalue weighted by Gasteiger charge is 2.67. The van der Waals surface area contributed by atoms with Gasteiger partial charge in [-0.3, -0.25) is 0 Å². The van der Waals surface area contributed by atoms with Crippen molar-refractivity contribution in [2.75, 3.05) is 0 Å². The molecule has 0 radical (unpaired) electrons. The standard InChI is InChI=1S/C15H26O/c1-4-5-14(3)13(2)7-11-6-12(8-13)10-15(14,16)9-11/h11-12,16H,4-10H2,1-3H3. The predicted molar refractivity (Wildman–Crippen MR) is 66.1 cm³/mol. The molecule has 92 valence electrons. The zero-order valence-electron chi connectivity index (χ0n) is 11.1. The van der Waals surface area contributed by atoms with Gasteiger partial charge < -0.3 is 5.11 Å². The van der Waals surface area contributed by atoms with Crippen LogP contribution in [0.2, 0.25) is 0 Å². The first kappa shape index (κ1) is 11.1. The average molecular weight is 222 g/mol. The van der Waals surface area contributed by atoms with E-state index in [-0.39, 0.29) is 11.0 Å². The number of rotatable bonds is 2. The van der Waals surface area contributed by atoms with Crippen LogP contribution in [-0.4, -0.2) is 10.7 Å². The van der Waals surface area contributed by atoms with E-state index in [2.05, 4.69) is 20.8 Å². The molecule has 16 heavy (non-hydrogen) atoms. The first-order valence-corrected chi connectivity index (χ1v) is 7.15. The Kier molecular flexibility index (Phi) is 2.11. The minimum atomic E-state index is -0.332. The van der Waals surface area contributed by atoms with Crippen LogP contribution in [0.25, 0.3) is 0 Å². The fraction of sp³-hybridized carbons (Fsp3) is 1.00. The van der Waals surface area contributed by atoms with Crippen LogP contribution in [0.15, 0.2) is 0 Å². The molecule has 0 amide bonds. The second-order valence-electron chi connectivity index (χ2n) is 7.46. The molecule has 0 aliphatic heterocycles. The number of aliphatic hydroxyl groups is 1. The Morgan fingerprint density at radius 3 is 2.06 bits per heavy atom. The Balaban J connectivity index is 2.04. The first-order chi connectivity index (χ1) is 7.42. The van der Waals surface area contributed by atoms with E-state index < -0.39 is 0 Å². The monoisotopic (exact) mass is 222 g/mol. The van der Waals surface area contributed by atoms with Crippen molar-refractivity contribution >= 4 is 0 Å².